The van der Waals surface area contributed by atoms with Crippen molar-refractivity contribution in [2.75, 3.05) is 5.32 Å². The number of nitrogens with one attached hydrogen (secondary N) is 1. The van der Waals surface area contributed by atoms with E-state index in [4.69, 9.17) is 11.6 Å². The molecule has 0 aliphatic carbocycles. The molecule has 1 heterocycles. The Morgan fingerprint density at radius 1 is 1.28 bits per heavy atom. The van der Waals surface area contributed by atoms with Crippen LogP contribution in [0.15, 0.2) is 36.4 Å². The van der Waals surface area contributed by atoms with E-state index >= 15 is 0 Å². The summed E-state index contributed by atoms with van der Waals surface area (Å²) >= 11 is 5.78. The maximum absolute atomic E-state index is 12.7. The highest BCUT2D eigenvalue weighted by atomic mass is 35.5. The number of pyridine rings is 1. The van der Waals surface area contributed by atoms with Gasteiger partial charge in [0.05, 0.1) is 0 Å². The highest BCUT2D eigenvalue weighted by Gasteiger charge is 2.08. The summed E-state index contributed by atoms with van der Waals surface area (Å²) in [6.07, 6.45) is 0. The molecule has 0 spiro atoms. The minimum Gasteiger partial charge on any atom is -0.322 e. The minimum atomic E-state index is -0.351. The van der Waals surface area contributed by atoms with E-state index in [0.717, 1.165) is 0 Å². The fourth-order valence-electron chi connectivity index (χ4n) is 1.50. The third-order valence-corrected chi connectivity index (χ3v) is 2.48. The van der Waals surface area contributed by atoms with Gasteiger partial charge in [-0.2, -0.15) is 0 Å². The first-order valence-electron chi connectivity index (χ1n) is 5.26. The molecule has 18 heavy (non-hydrogen) atoms. The van der Waals surface area contributed by atoms with Gasteiger partial charge >= 0.3 is 0 Å². The molecule has 0 unspecified atom stereocenters. The molecular formula is C13H10ClFN2O. The molecule has 1 amide bonds. The topological polar surface area (TPSA) is 42.0 Å². The zero-order chi connectivity index (χ0) is 13.1. The second-order valence-corrected chi connectivity index (χ2v) is 4.17. The van der Waals surface area contributed by atoms with Crippen LogP contribution in [-0.4, -0.2) is 10.9 Å². The summed E-state index contributed by atoms with van der Waals surface area (Å²) in [4.78, 5) is 15.9. The SMILES string of the molecule is Cc1cc(C(=O)Nc2ccc(F)cc2)cc(Cl)n1. The molecule has 5 heteroatoms. The molecule has 0 saturated heterocycles. The number of hydrogen-bond acceptors (Lipinski definition) is 2. The summed E-state index contributed by atoms with van der Waals surface area (Å²) in [5, 5.41) is 2.91. The van der Waals surface area contributed by atoms with Gasteiger partial charge in [-0.3, -0.25) is 4.79 Å². The van der Waals surface area contributed by atoms with Crippen molar-refractivity contribution in [1.82, 2.24) is 4.98 Å². The van der Waals surface area contributed by atoms with Crippen molar-refractivity contribution in [3.8, 4) is 0 Å². The van der Waals surface area contributed by atoms with Crippen molar-refractivity contribution < 1.29 is 9.18 Å². The van der Waals surface area contributed by atoms with E-state index < -0.39 is 0 Å². The monoisotopic (exact) mass is 264 g/mol. The maximum atomic E-state index is 12.7. The number of amides is 1. The third kappa shape index (κ3) is 3.05. The molecule has 1 aromatic carbocycles. The molecule has 2 aromatic rings. The van der Waals surface area contributed by atoms with Crippen LogP contribution >= 0.6 is 11.6 Å². The molecule has 1 aromatic heterocycles. The zero-order valence-electron chi connectivity index (χ0n) is 9.58. The fourth-order valence-corrected chi connectivity index (χ4v) is 1.75. The number of nitrogens with zero attached hydrogens (tertiary/aromatic N) is 1. The Hall–Kier alpha value is -1.94. The molecule has 92 valence electrons. The Labute approximate surface area is 109 Å². The molecule has 0 bridgehead atoms. The van der Waals surface area contributed by atoms with Gasteiger partial charge in [-0.25, -0.2) is 9.37 Å². The van der Waals surface area contributed by atoms with Gasteiger partial charge in [0.25, 0.3) is 5.91 Å². The van der Waals surface area contributed by atoms with Crippen LogP contribution in [0.25, 0.3) is 0 Å². The molecule has 0 fully saturated rings. The minimum absolute atomic E-state index is 0.263. The Morgan fingerprint density at radius 2 is 1.94 bits per heavy atom. The quantitative estimate of drug-likeness (QED) is 0.845. The number of hydrogen-bond donors (Lipinski definition) is 1. The van der Waals surface area contributed by atoms with E-state index in [1.165, 1.54) is 30.3 Å². The number of carbonyl (C=O) groups is 1. The van der Waals surface area contributed by atoms with E-state index in [0.29, 0.717) is 16.9 Å². The number of halogens is 2. The molecule has 0 aliphatic rings. The highest BCUT2D eigenvalue weighted by Crippen LogP contribution is 2.14. The lowest BCUT2D eigenvalue weighted by Gasteiger charge is -2.06. The lowest BCUT2D eigenvalue weighted by Crippen LogP contribution is -2.12. The standard InChI is InChI=1S/C13H10ClFN2O/c1-8-6-9(7-12(14)16-8)13(18)17-11-4-2-10(15)3-5-11/h2-7H,1H3,(H,17,18). The van der Waals surface area contributed by atoms with Crippen LogP contribution in [0.2, 0.25) is 5.15 Å². The van der Waals surface area contributed by atoms with Crippen molar-refractivity contribution in [3.63, 3.8) is 0 Å². The van der Waals surface area contributed by atoms with E-state index in [-0.39, 0.29) is 16.9 Å². The van der Waals surface area contributed by atoms with Crippen LogP contribution in [0.4, 0.5) is 10.1 Å². The highest BCUT2D eigenvalue weighted by molar-refractivity contribution is 6.29. The normalized spacial score (nSPS) is 10.2. The van der Waals surface area contributed by atoms with Crippen molar-refractivity contribution >= 4 is 23.2 Å². The van der Waals surface area contributed by atoms with Crippen LogP contribution in [-0.2, 0) is 0 Å². The van der Waals surface area contributed by atoms with Crippen molar-refractivity contribution in [3.05, 3.63) is 58.6 Å². The van der Waals surface area contributed by atoms with Gasteiger partial charge in [-0.1, -0.05) is 11.6 Å². The molecule has 3 nitrogen and oxygen atoms in total. The van der Waals surface area contributed by atoms with Gasteiger partial charge in [0.15, 0.2) is 0 Å². The first kappa shape index (κ1) is 12.5. The number of rotatable bonds is 2. The molecule has 0 radical (unpaired) electrons. The first-order chi connectivity index (χ1) is 8.54. The van der Waals surface area contributed by atoms with E-state index in [2.05, 4.69) is 10.3 Å². The van der Waals surface area contributed by atoms with Crippen LogP contribution in [0.5, 0.6) is 0 Å². The van der Waals surface area contributed by atoms with Gasteiger partial charge in [0, 0.05) is 16.9 Å². The van der Waals surface area contributed by atoms with Crippen molar-refractivity contribution in [2.24, 2.45) is 0 Å². The summed E-state index contributed by atoms with van der Waals surface area (Å²) in [6.45, 7) is 1.75. The molecular weight excluding hydrogens is 255 g/mol. The average Bonchev–Trinajstić information content (AvgIpc) is 2.31. The third-order valence-electron chi connectivity index (χ3n) is 2.29. The Morgan fingerprint density at radius 3 is 2.56 bits per heavy atom. The van der Waals surface area contributed by atoms with E-state index in [9.17, 15) is 9.18 Å². The average molecular weight is 265 g/mol. The Balaban J connectivity index is 2.19. The smallest absolute Gasteiger partial charge is 0.255 e. The van der Waals surface area contributed by atoms with E-state index in [1.807, 2.05) is 0 Å². The zero-order valence-corrected chi connectivity index (χ0v) is 10.3. The molecule has 2 rings (SSSR count). The Bertz CT molecular complexity index is 564. The first-order valence-corrected chi connectivity index (χ1v) is 5.63. The molecule has 0 aliphatic heterocycles. The number of benzene rings is 1. The largest absolute Gasteiger partial charge is 0.322 e. The molecule has 0 saturated carbocycles. The number of aromatic nitrogens is 1. The fraction of sp³-hybridized carbons (Fsp3) is 0.0769. The Kier molecular flexibility index (Phi) is 3.58. The van der Waals surface area contributed by atoms with Gasteiger partial charge in [0.1, 0.15) is 11.0 Å². The van der Waals surface area contributed by atoms with Crippen molar-refractivity contribution in [1.29, 1.82) is 0 Å². The molecule has 0 atom stereocenters. The summed E-state index contributed by atoms with van der Waals surface area (Å²) in [5.74, 6) is -0.662. The number of anilines is 1. The lowest BCUT2D eigenvalue weighted by atomic mass is 10.2. The maximum Gasteiger partial charge on any atom is 0.255 e. The second-order valence-electron chi connectivity index (χ2n) is 3.78. The van der Waals surface area contributed by atoms with Gasteiger partial charge in [-0.05, 0) is 43.3 Å². The van der Waals surface area contributed by atoms with Gasteiger partial charge < -0.3 is 5.32 Å². The van der Waals surface area contributed by atoms with Gasteiger partial charge in [0.2, 0.25) is 0 Å². The molecule has 1 N–H and O–H groups in total. The predicted molar refractivity (Wildman–Crippen MR) is 68.3 cm³/mol. The lowest BCUT2D eigenvalue weighted by molar-refractivity contribution is 0.102. The summed E-state index contributed by atoms with van der Waals surface area (Å²) in [6, 6.07) is 8.64. The summed E-state index contributed by atoms with van der Waals surface area (Å²) in [7, 11) is 0. The number of carbonyl (C=O) groups excluding carboxylic acids is 1. The number of aryl methyl sites for hydroxylation is 1. The van der Waals surface area contributed by atoms with Gasteiger partial charge in [-0.15, -0.1) is 0 Å². The van der Waals surface area contributed by atoms with Crippen molar-refractivity contribution in [2.45, 2.75) is 6.92 Å². The predicted octanol–water partition coefficient (Wildman–Crippen LogP) is 3.43. The second kappa shape index (κ2) is 5.14. The summed E-state index contributed by atoms with van der Waals surface area (Å²) in [5.41, 5.74) is 1.59. The van der Waals surface area contributed by atoms with Crippen LogP contribution in [0.3, 0.4) is 0 Å². The van der Waals surface area contributed by atoms with Crippen LogP contribution < -0.4 is 5.32 Å². The summed E-state index contributed by atoms with van der Waals surface area (Å²) < 4.78 is 12.7. The van der Waals surface area contributed by atoms with Crippen LogP contribution in [0.1, 0.15) is 16.1 Å². The van der Waals surface area contributed by atoms with Crippen LogP contribution in [0, 0.1) is 12.7 Å². The van der Waals surface area contributed by atoms with E-state index in [1.54, 1.807) is 13.0 Å².